The summed E-state index contributed by atoms with van der Waals surface area (Å²) < 4.78 is 12.9. The van der Waals surface area contributed by atoms with E-state index in [1.807, 2.05) is 25.2 Å². The number of thioether (sulfide) groups is 1. The van der Waals surface area contributed by atoms with Gasteiger partial charge in [0, 0.05) is 12.7 Å². The maximum atomic E-state index is 12.3. The van der Waals surface area contributed by atoms with Gasteiger partial charge in [0.05, 0.1) is 17.0 Å². The number of nitrogens with one attached hydrogen (secondary N) is 1. The number of ether oxygens (including phenoxy) is 1. The Morgan fingerprint density at radius 3 is 2.67 bits per heavy atom. The highest BCUT2D eigenvalue weighted by Crippen LogP contribution is 2.29. The van der Waals surface area contributed by atoms with Crippen molar-refractivity contribution in [2.24, 2.45) is 7.05 Å². The number of aromatic nitrogens is 3. The monoisotopic (exact) mass is 440 g/mol. The third kappa shape index (κ3) is 4.67. The number of nitrogens with zero attached hydrogens (tertiary/aromatic N) is 3. The number of hydrogen-bond acceptors (Lipinski definition) is 6. The molecule has 0 saturated carbocycles. The topological polar surface area (TPSA) is 82.2 Å². The average molecular weight is 441 g/mol. The van der Waals surface area contributed by atoms with Crippen molar-refractivity contribution in [1.82, 2.24) is 14.8 Å². The van der Waals surface area contributed by atoms with Crippen molar-refractivity contribution in [3.8, 4) is 23.1 Å². The van der Waals surface area contributed by atoms with Gasteiger partial charge in [0.2, 0.25) is 5.91 Å². The van der Waals surface area contributed by atoms with E-state index >= 15 is 0 Å². The Hall–Kier alpha value is -3.23. The summed E-state index contributed by atoms with van der Waals surface area (Å²) in [4.78, 5) is 12.3. The Morgan fingerprint density at radius 1 is 1.13 bits per heavy atom. The number of carbonyl (C=O) groups is 1. The van der Waals surface area contributed by atoms with Crippen LogP contribution in [0, 0.1) is 0 Å². The van der Waals surface area contributed by atoms with E-state index in [4.69, 9.17) is 20.8 Å². The lowest BCUT2D eigenvalue weighted by molar-refractivity contribution is -0.113. The zero-order valence-corrected chi connectivity index (χ0v) is 17.5. The zero-order chi connectivity index (χ0) is 20.9. The second-order valence-corrected chi connectivity index (χ2v) is 7.59. The fourth-order valence-electron chi connectivity index (χ4n) is 2.65. The number of carbonyl (C=O) groups excluding carboxylic acids is 1. The number of para-hydroxylation sites is 1. The Morgan fingerprint density at radius 2 is 1.93 bits per heavy atom. The largest absolute Gasteiger partial charge is 0.461 e. The van der Waals surface area contributed by atoms with Gasteiger partial charge in [-0.05, 0) is 48.5 Å². The minimum atomic E-state index is -0.151. The number of amides is 1. The van der Waals surface area contributed by atoms with E-state index in [1.165, 1.54) is 11.8 Å². The van der Waals surface area contributed by atoms with Crippen molar-refractivity contribution in [2.45, 2.75) is 5.16 Å². The molecule has 1 N–H and O–H groups in total. The first-order chi connectivity index (χ1) is 14.6. The number of benzene rings is 2. The quantitative estimate of drug-likeness (QED) is 0.395. The van der Waals surface area contributed by atoms with Crippen molar-refractivity contribution in [3.05, 3.63) is 71.9 Å². The van der Waals surface area contributed by atoms with E-state index < -0.39 is 0 Å². The molecule has 2 aromatic heterocycles. The summed E-state index contributed by atoms with van der Waals surface area (Å²) in [7, 11) is 1.83. The SMILES string of the molecule is Cn1c(SCC(=O)Nc2ccc(Oc3ccccc3Cl)cc2)nnc1-c1ccco1. The summed E-state index contributed by atoms with van der Waals surface area (Å²) >= 11 is 7.40. The second-order valence-electron chi connectivity index (χ2n) is 6.24. The molecule has 9 heteroatoms. The van der Waals surface area contributed by atoms with Crippen molar-refractivity contribution in [1.29, 1.82) is 0 Å². The van der Waals surface area contributed by atoms with Crippen LogP contribution in [-0.4, -0.2) is 26.4 Å². The molecule has 0 atom stereocenters. The van der Waals surface area contributed by atoms with Gasteiger partial charge in [-0.1, -0.05) is 35.5 Å². The summed E-state index contributed by atoms with van der Waals surface area (Å²) in [6.07, 6.45) is 1.58. The number of hydrogen-bond donors (Lipinski definition) is 1. The molecule has 1 amide bonds. The van der Waals surface area contributed by atoms with E-state index in [-0.39, 0.29) is 11.7 Å². The molecule has 0 saturated heterocycles. The standard InChI is InChI=1S/C21H17ClN4O3S/c1-26-20(18-7-4-12-28-18)24-25-21(26)30-13-19(27)23-14-8-10-15(11-9-14)29-17-6-3-2-5-16(17)22/h2-12H,13H2,1H3,(H,23,27). The van der Waals surface area contributed by atoms with E-state index in [0.29, 0.717) is 39.0 Å². The van der Waals surface area contributed by atoms with Crippen LogP contribution in [0.4, 0.5) is 5.69 Å². The van der Waals surface area contributed by atoms with Gasteiger partial charge < -0.3 is 19.0 Å². The van der Waals surface area contributed by atoms with E-state index in [0.717, 1.165) is 0 Å². The predicted molar refractivity (Wildman–Crippen MR) is 116 cm³/mol. The number of furan rings is 1. The minimum absolute atomic E-state index is 0.151. The van der Waals surface area contributed by atoms with Crippen LogP contribution in [-0.2, 0) is 11.8 Å². The molecule has 4 rings (SSSR count). The van der Waals surface area contributed by atoms with Crippen molar-refractivity contribution in [3.63, 3.8) is 0 Å². The highest BCUT2D eigenvalue weighted by molar-refractivity contribution is 7.99. The van der Waals surface area contributed by atoms with Gasteiger partial charge in [-0.3, -0.25) is 4.79 Å². The normalized spacial score (nSPS) is 10.7. The smallest absolute Gasteiger partial charge is 0.234 e. The molecule has 2 aromatic carbocycles. The fraction of sp³-hybridized carbons (Fsp3) is 0.0952. The summed E-state index contributed by atoms with van der Waals surface area (Å²) in [6, 6.07) is 17.9. The maximum Gasteiger partial charge on any atom is 0.234 e. The van der Waals surface area contributed by atoms with Gasteiger partial charge in [-0.25, -0.2) is 0 Å². The minimum Gasteiger partial charge on any atom is -0.461 e. The molecule has 0 aliphatic heterocycles. The van der Waals surface area contributed by atoms with E-state index in [2.05, 4.69) is 15.5 Å². The summed E-state index contributed by atoms with van der Waals surface area (Å²) in [5, 5.41) is 12.2. The molecular formula is C21H17ClN4O3S. The highest BCUT2D eigenvalue weighted by Gasteiger charge is 2.14. The van der Waals surface area contributed by atoms with Crippen LogP contribution in [0.3, 0.4) is 0 Å². The molecular weight excluding hydrogens is 424 g/mol. The lowest BCUT2D eigenvalue weighted by atomic mass is 10.3. The summed E-state index contributed by atoms with van der Waals surface area (Å²) in [5.74, 6) is 2.48. The van der Waals surface area contributed by atoms with Crippen LogP contribution >= 0.6 is 23.4 Å². The Bertz CT molecular complexity index is 1140. The predicted octanol–water partition coefficient (Wildman–Crippen LogP) is 5.25. The molecule has 0 aliphatic rings. The van der Waals surface area contributed by atoms with Crippen molar-refractivity contribution >= 4 is 35.0 Å². The van der Waals surface area contributed by atoms with Gasteiger partial charge >= 0.3 is 0 Å². The van der Waals surface area contributed by atoms with Crippen LogP contribution in [0.25, 0.3) is 11.6 Å². The van der Waals surface area contributed by atoms with Crippen LogP contribution in [0.2, 0.25) is 5.02 Å². The lowest BCUT2D eigenvalue weighted by Gasteiger charge is -2.09. The van der Waals surface area contributed by atoms with Gasteiger partial charge in [0.15, 0.2) is 16.7 Å². The molecule has 0 radical (unpaired) electrons. The molecule has 7 nitrogen and oxygen atoms in total. The fourth-order valence-corrected chi connectivity index (χ4v) is 3.53. The zero-order valence-electron chi connectivity index (χ0n) is 15.9. The van der Waals surface area contributed by atoms with Crippen molar-refractivity contribution in [2.75, 3.05) is 11.1 Å². The maximum absolute atomic E-state index is 12.3. The van der Waals surface area contributed by atoms with Gasteiger partial charge in [-0.15, -0.1) is 10.2 Å². The van der Waals surface area contributed by atoms with E-state index in [9.17, 15) is 4.79 Å². The number of rotatable bonds is 7. The third-order valence-corrected chi connectivity index (χ3v) is 5.44. The molecule has 0 spiro atoms. The van der Waals surface area contributed by atoms with Gasteiger partial charge in [0.1, 0.15) is 11.5 Å². The van der Waals surface area contributed by atoms with Crippen LogP contribution in [0.1, 0.15) is 0 Å². The van der Waals surface area contributed by atoms with Gasteiger partial charge in [-0.2, -0.15) is 0 Å². The Balaban J connectivity index is 1.32. The average Bonchev–Trinajstić information content (AvgIpc) is 3.39. The molecule has 0 fully saturated rings. The number of anilines is 1. The van der Waals surface area contributed by atoms with Crippen LogP contribution < -0.4 is 10.1 Å². The summed E-state index contributed by atoms with van der Waals surface area (Å²) in [5.41, 5.74) is 0.668. The van der Waals surface area contributed by atoms with Gasteiger partial charge in [0.25, 0.3) is 0 Å². The van der Waals surface area contributed by atoms with Crippen molar-refractivity contribution < 1.29 is 13.9 Å². The Kier molecular flexibility index (Phi) is 6.06. The molecule has 0 unspecified atom stereocenters. The Labute approximate surface area is 182 Å². The molecule has 30 heavy (non-hydrogen) atoms. The molecule has 152 valence electrons. The molecule has 4 aromatic rings. The highest BCUT2D eigenvalue weighted by atomic mass is 35.5. The first-order valence-corrected chi connectivity index (χ1v) is 10.3. The van der Waals surface area contributed by atoms with E-state index in [1.54, 1.807) is 53.3 Å². The summed E-state index contributed by atoms with van der Waals surface area (Å²) in [6.45, 7) is 0. The third-order valence-electron chi connectivity index (χ3n) is 4.11. The number of halogens is 1. The molecule has 0 bridgehead atoms. The van der Waals surface area contributed by atoms with Crippen LogP contribution in [0.15, 0.2) is 76.5 Å². The molecule has 0 aliphatic carbocycles. The first-order valence-electron chi connectivity index (χ1n) is 8.98. The molecule has 2 heterocycles. The second kappa shape index (κ2) is 9.06. The van der Waals surface area contributed by atoms with Crippen LogP contribution in [0.5, 0.6) is 11.5 Å². The first kappa shape index (κ1) is 20.1. The lowest BCUT2D eigenvalue weighted by Crippen LogP contribution is -2.14.